The van der Waals surface area contributed by atoms with Crippen LogP contribution in [0.3, 0.4) is 0 Å². The first kappa shape index (κ1) is 19.2. The van der Waals surface area contributed by atoms with Crippen molar-refractivity contribution in [1.29, 1.82) is 0 Å². The summed E-state index contributed by atoms with van der Waals surface area (Å²) in [4.78, 5) is 25.8. The summed E-state index contributed by atoms with van der Waals surface area (Å²) in [6.07, 6.45) is 1.40. The molecule has 9 heteroatoms. The number of likely N-dealkylation sites (tertiary alicyclic amines) is 1. The summed E-state index contributed by atoms with van der Waals surface area (Å²) in [5.41, 5.74) is -0.0743. The molecule has 0 aromatic carbocycles. The van der Waals surface area contributed by atoms with E-state index in [4.69, 9.17) is 21.1 Å². The van der Waals surface area contributed by atoms with E-state index in [9.17, 15) is 9.59 Å². The number of nitrogens with zero attached hydrogens (tertiary/aromatic N) is 3. The Labute approximate surface area is 151 Å². The van der Waals surface area contributed by atoms with Gasteiger partial charge in [0.25, 0.3) is 0 Å². The van der Waals surface area contributed by atoms with Crippen LogP contribution in [0.4, 0.5) is 10.5 Å². The third kappa shape index (κ3) is 5.19. The Morgan fingerprint density at radius 2 is 2.12 bits per heavy atom. The molecule has 8 nitrogen and oxygen atoms in total. The lowest BCUT2D eigenvalue weighted by Crippen LogP contribution is -2.42. The van der Waals surface area contributed by atoms with E-state index in [1.54, 1.807) is 4.90 Å². The molecule has 1 amide bonds. The Balaban J connectivity index is 2.06. The lowest BCUT2D eigenvalue weighted by molar-refractivity contribution is 0.0234. The number of ether oxygens (including phenoxy) is 2. The monoisotopic (exact) mass is 370 g/mol. The number of nitrogens with one attached hydrogen (secondary N) is 1. The van der Waals surface area contributed by atoms with Gasteiger partial charge >= 0.3 is 12.1 Å². The first-order chi connectivity index (χ1) is 11.7. The zero-order chi connectivity index (χ0) is 18.6. The predicted octanol–water partition coefficient (Wildman–Crippen LogP) is 2.73. The fourth-order valence-corrected chi connectivity index (χ4v) is 2.73. The lowest BCUT2D eigenvalue weighted by atomic mass is 10.2. The first-order valence-electron chi connectivity index (χ1n) is 8.06. The number of rotatable bonds is 4. The summed E-state index contributed by atoms with van der Waals surface area (Å²) in [5.74, 6) is -0.609. The van der Waals surface area contributed by atoms with Crippen LogP contribution < -0.4 is 5.32 Å². The number of halogens is 1. The molecule has 1 fully saturated rings. The van der Waals surface area contributed by atoms with E-state index in [-0.39, 0.29) is 23.0 Å². The molecule has 1 N–H and O–H groups in total. The number of carbonyl (C=O) groups excluding carboxylic acids is 2. The average molecular weight is 371 g/mol. The van der Waals surface area contributed by atoms with Crippen LogP contribution >= 0.6 is 11.6 Å². The molecule has 1 aromatic heterocycles. The maximum absolute atomic E-state index is 12.3. The Kier molecular flexibility index (Phi) is 6.05. The van der Waals surface area contributed by atoms with E-state index >= 15 is 0 Å². The van der Waals surface area contributed by atoms with E-state index in [1.165, 1.54) is 13.2 Å². The predicted molar refractivity (Wildman–Crippen MR) is 92.8 cm³/mol. The highest BCUT2D eigenvalue weighted by Gasteiger charge is 2.32. The molecule has 1 unspecified atom stereocenters. The van der Waals surface area contributed by atoms with Crippen molar-refractivity contribution in [1.82, 2.24) is 15.1 Å². The van der Waals surface area contributed by atoms with Gasteiger partial charge in [-0.1, -0.05) is 11.6 Å². The Morgan fingerprint density at radius 3 is 2.76 bits per heavy atom. The fourth-order valence-electron chi connectivity index (χ4n) is 2.59. The van der Waals surface area contributed by atoms with Gasteiger partial charge in [0.2, 0.25) is 0 Å². The Bertz CT molecular complexity index is 648. The van der Waals surface area contributed by atoms with Gasteiger partial charge in [0.1, 0.15) is 5.60 Å². The molecule has 1 aliphatic rings. The van der Waals surface area contributed by atoms with Crippen molar-refractivity contribution in [3.8, 4) is 0 Å². The molecular weight excluding hydrogens is 348 g/mol. The number of methoxy groups -OCH3 is 1. The first-order valence-corrected chi connectivity index (χ1v) is 8.44. The normalized spacial score (nSPS) is 17.3. The number of aromatic nitrogens is 2. The highest BCUT2D eigenvalue weighted by molar-refractivity contribution is 6.29. The topological polar surface area (TPSA) is 93.6 Å². The van der Waals surface area contributed by atoms with Crippen LogP contribution in [0.25, 0.3) is 0 Å². The molecule has 1 aliphatic heterocycles. The largest absolute Gasteiger partial charge is 0.464 e. The van der Waals surface area contributed by atoms with Crippen LogP contribution in [0, 0.1) is 0 Å². The number of hydrogen-bond acceptors (Lipinski definition) is 7. The fraction of sp³-hybridized carbons (Fsp3) is 0.625. The van der Waals surface area contributed by atoms with E-state index in [2.05, 4.69) is 15.5 Å². The second kappa shape index (κ2) is 7.86. The molecule has 0 aliphatic carbocycles. The number of hydrogen-bond donors (Lipinski definition) is 1. The SMILES string of the molecule is COC(=O)c1nnc(Cl)cc1NCC1CCCN1C(=O)OC(C)(C)C. The lowest BCUT2D eigenvalue weighted by Gasteiger charge is -2.29. The van der Waals surface area contributed by atoms with E-state index in [1.807, 2.05) is 20.8 Å². The van der Waals surface area contributed by atoms with Crippen molar-refractivity contribution in [2.45, 2.75) is 45.3 Å². The molecule has 1 aromatic rings. The zero-order valence-electron chi connectivity index (χ0n) is 14.8. The van der Waals surface area contributed by atoms with Gasteiger partial charge in [0.05, 0.1) is 18.8 Å². The van der Waals surface area contributed by atoms with E-state index in [0.29, 0.717) is 18.8 Å². The summed E-state index contributed by atoms with van der Waals surface area (Å²) in [6.45, 7) is 6.58. The second-order valence-corrected chi connectivity index (χ2v) is 7.16. The van der Waals surface area contributed by atoms with Gasteiger partial charge in [-0.25, -0.2) is 9.59 Å². The third-order valence-electron chi connectivity index (χ3n) is 3.68. The van der Waals surface area contributed by atoms with Gasteiger partial charge in [-0.3, -0.25) is 0 Å². The van der Waals surface area contributed by atoms with Gasteiger partial charge < -0.3 is 19.7 Å². The van der Waals surface area contributed by atoms with Gasteiger partial charge in [-0.05, 0) is 33.6 Å². The van der Waals surface area contributed by atoms with Gasteiger partial charge in [-0.15, -0.1) is 10.2 Å². The quantitative estimate of drug-likeness (QED) is 0.814. The van der Waals surface area contributed by atoms with Crippen molar-refractivity contribution in [2.75, 3.05) is 25.5 Å². The van der Waals surface area contributed by atoms with Gasteiger partial charge in [0.15, 0.2) is 10.8 Å². The Hall–Kier alpha value is -2.09. The van der Waals surface area contributed by atoms with Crippen LogP contribution in [0.2, 0.25) is 5.15 Å². The molecule has 138 valence electrons. The Morgan fingerprint density at radius 1 is 1.40 bits per heavy atom. The van der Waals surface area contributed by atoms with E-state index in [0.717, 1.165) is 12.8 Å². The van der Waals surface area contributed by atoms with Crippen molar-refractivity contribution >= 4 is 29.4 Å². The summed E-state index contributed by atoms with van der Waals surface area (Å²) >= 11 is 5.86. The highest BCUT2D eigenvalue weighted by Crippen LogP contribution is 2.23. The number of amides is 1. The molecule has 2 heterocycles. The van der Waals surface area contributed by atoms with Gasteiger partial charge in [-0.2, -0.15) is 0 Å². The molecule has 0 spiro atoms. The summed E-state index contributed by atoms with van der Waals surface area (Å²) in [6, 6.07) is 1.46. The third-order valence-corrected chi connectivity index (χ3v) is 3.86. The molecule has 0 bridgehead atoms. The molecule has 25 heavy (non-hydrogen) atoms. The molecular formula is C16H23ClN4O4. The number of anilines is 1. The minimum atomic E-state index is -0.609. The average Bonchev–Trinajstić information content (AvgIpc) is 2.99. The minimum absolute atomic E-state index is 0.0488. The van der Waals surface area contributed by atoms with Crippen LogP contribution in [-0.4, -0.2) is 59.0 Å². The molecule has 1 saturated heterocycles. The smallest absolute Gasteiger partial charge is 0.410 e. The van der Waals surface area contributed by atoms with Gasteiger partial charge in [0, 0.05) is 19.2 Å². The van der Waals surface area contributed by atoms with Crippen LogP contribution in [0.1, 0.15) is 44.1 Å². The standard InChI is InChI=1S/C16H23ClN4O4/c1-16(2,3)25-15(23)21-7-5-6-10(21)9-18-11-8-12(17)19-20-13(11)14(22)24-4/h8,10H,5-7,9H2,1-4H3,(H,18,19). The summed E-state index contributed by atoms with van der Waals surface area (Å²) in [7, 11) is 1.27. The molecule has 2 rings (SSSR count). The second-order valence-electron chi connectivity index (χ2n) is 6.77. The van der Waals surface area contributed by atoms with Crippen molar-refractivity contribution < 1.29 is 19.1 Å². The summed E-state index contributed by atoms with van der Waals surface area (Å²) in [5, 5.41) is 10.7. The maximum Gasteiger partial charge on any atom is 0.410 e. The van der Waals surface area contributed by atoms with Crippen LogP contribution in [0.5, 0.6) is 0 Å². The summed E-state index contributed by atoms with van der Waals surface area (Å²) < 4.78 is 10.1. The number of carbonyl (C=O) groups is 2. The maximum atomic E-state index is 12.3. The number of esters is 1. The van der Waals surface area contributed by atoms with Crippen molar-refractivity contribution in [2.24, 2.45) is 0 Å². The van der Waals surface area contributed by atoms with Crippen LogP contribution in [-0.2, 0) is 9.47 Å². The molecule has 0 saturated carbocycles. The van der Waals surface area contributed by atoms with Crippen molar-refractivity contribution in [3.05, 3.63) is 16.9 Å². The zero-order valence-corrected chi connectivity index (χ0v) is 15.6. The highest BCUT2D eigenvalue weighted by atomic mass is 35.5. The van der Waals surface area contributed by atoms with Crippen molar-refractivity contribution in [3.63, 3.8) is 0 Å². The minimum Gasteiger partial charge on any atom is -0.464 e. The molecule has 0 radical (unpaired) electrons. The van der Waals surface area contributed by atoms with Crippen LogP contribution in [0.15, 0.2) is 6.07 Å². The van der Waals surface area contributed by atoms with E-state index < -0.39 is 11.6 Å². The molecule has 1 atom stereocenters.